The number of fused-ring (bicyclic) bond motifs is 8. The zero-order valence-electron chi connectivity index (χ0n) is 37.0. The van der Waals surface area contributed by atoms with E-state index in [0.717, 1.165) is 73.2 Å². The first-order valence-electron chi connectivity index (χ1n) is 23.2. The molecule has 68 heavy (non-hydrogen) atoms. The van der Waals surface area contributed by atoms with Crippen LogP contribution in [0.25, 0.3) is 59.2 Å². The van der Waals surface area contributed by atoms with Crippen LogP contribution in [-0.4, -0.2) is 4.98 Å². The highest BCUT2D eigenvalue weighted by Crippen LogP contribution is 2.55. The van der Waals surface area contributed by atoms with Crippen LogP contribution in [0, 0.1) is 5.92 Å². The molecule has 1 aromatic heterocycles. The van der Waals surface area contributed by atoms with Crippen molar-refractivity contribution in [1.82, 2.24) is 4.98 Å². The molecule has 0 N–H and O–H groups in total. The molecule has 5 nitrogen and oxygen atoms in total. The van der Waals surface area contributed by atoms with Crippen LogP contribution < -0.4 is 19.3 Å². The van der Waals surface area contributed by atoms with Gasteiger partial charge in [-0.3, -0.25) is 0 Å². The summed E-state index contributed by atoms with van der Waals surface area (Å²) < 4.78 is 14.2. The quantitative estimate of drug-likeness (QED) is 0.161. The monoisotopic (exact) mass is 891 g/mol. The van der Waals surface area contributed by atoms with Gasteiger partial charge in [-0.05, 0) is 151 Å². The molecule has 0 bridgehead atoms. The van der Waals surface area contributed by atoms with E-state index in [9.17, 15) is 0 Å². The second-order valence-electron chi connectivity index (χ2n) is 17.9. The van der Waals surface area contributed by atoms with Gasteiger partial charge in [0.1, 0.15) is 5.01 Å². The molecule has 2 unspecified atom stereocenters. The lowest BCUT2D eigenvalue weighted by Gasteiger charge is -2.34. The third-order valence-electron chi connectivity index (χ3n) is 13.9. The van der Waals surface area contributed by atoms with Crippen molar-refractivity contribution in [3.8, 4) is 34.1 Å². The van der Waals surface area contributed by atoms with E-state index in [-0.39, 0.29) is 11.8 Å². The van der Waals surface area contributed by atoms with Gasteiger partial charge in [0.25, 0.3) is 0 Å². The van der Waals surface area contributed by atoms with Gasteiger partial charge in [0.05, 0.1) is 33.0 Å². The van der Waals surface area contributed by atoms with E-state index in [1.807, 2.05) is 24.3 Å². The highest BCUT2D eigenvalue weighted by atomic mass is 32.1. The first kappa shape index (κ1) is 38.8. The zero-order chi connectivity index (χ0) is 44.9. The summed E-state index contributed by atoms with van der Waals surface area (Å²) in [6.07, 6.45) is 7.23. The van der Waals surface area contributed by atoms with Crippen molar-refractivity contribution >= 4 is 93.6 Å². The summed E-state index contributed by atoms with van der Waals surface area (Å²) in [6, 6.07) is 71.5. The van der Waals surface area contributed by atoms with Crippen molar-refractivity contribution in [2.45, 2.75) is 12.8 Å². The number of allylic oxidation sites excluding steroid dienone is 4. The Kier molecular flexibility index (Phi) is 8.73. The van der Waals surface area contributed by atoms with Crippen molar-refractivity contribution in [2.75, 3.05) is 9.80 Å². The standard InChI is InChI=1S/C62H41N3O2S/c1-38-34-41(28-31-45(38)62-63-50-16-4-13-25-59(50)68-62)60-46-32-29-44(65-53-19-7-11-23-57(53)67-58-24-12-8-20-54(58)65)37-49(46)61(42-27-26-39-14-2-3-15-40(39)35-42)47-33-30-43(36-48(47)60)64-51-17-5-9-21-55(51)66-56-22-10-6-18-52(56)64/h2-38,45H,1H3. The van der Waals surface area contributed by atoms with Gasteiger partial charge in [-0.1, -0.05) is 134 Å². The van der Waals surface area contributed by atoms with Crippen molar-refractivity contribution in [3.63, 3.8) is 0 Å². The Morgan fingerprint density at radius 1 is 0.471 bits per heavy atom. The number of nitrogens with zero attached hydrogens (tertiary/aromatic N) is 3. The Bertz CT molecular complexity index is 3820. The van der Waals surface area contributed by atoms with E-state index in [1.165, 1.54) is 53.7 Å². The number of rotatable bonds is 5. The first-order chi connectivity index (χ1) is 33.6. The predicted octanol–water partition coefficient (Wildman–Crippen LogP) is 17.9. The number of para-hydroxylation sites is 9. The molecular weight excluding hydrogens is 851 g/mol. The van der Waals surface area contributed by atoms with E-state index in [2.05, 4.69) is 211 Å². The van der Waals surface area contributed by atoms with E-state index in [1.54, 1.807) is 11.3 Å². The van der Waals surface area contributed by atoms with Crippen LogP contribution in [0.2, 0.25) is 0 Å². The third-order valence-corrected chi connectivity index (χ3v) is 15.0. The minimum Gasteiger partial charge on any atom is -0.453 e. The second-order valence-corrected chi connectivity index (χ2v) is 19.0. The van der Waals surface area contributed by atoms with Gasteiger partial charge in [-0.2, -0.15) is 0 Å². The molecule has 0 fully saturated rings. The highest BCUT2D eigenvalue weighted by Gasteiger charge is 2.30. The van der Waals surface area contributed by atoms with Crippen LogP contribution in [0.4, 0.5) is 34.1 Å². The molecule has 2 atom stereocenters. The minimum atomic E-state index is 0.163. The smallest absolute Gasteiger partial charge is 0.151 e. The number of hydrogen-bond acceptors (Lipinski definition) is 6. The lowest BCUT2D eigenvalue weighted by atomic mass is 9.80. The van der Waals surface area contributed by atoms with E-state index in [4.69, 9.17) is 14.5 Å². The fraction of sp³-hybridized carbons (Fsp3) is 0.0484. The van der Waals surface area contributed by atoms with Gasteiger partial charge >= 0.3 is 0 Å². The maximum atomic E-state index is 6.51. The molecule has 2 aliphatic heterocycles. The molecule has 3 aliphatic rings. The molecular formula is C62H41N3O2S. The fourth-order valence-electron chi connectivity index (χ4n) is 10.7. The summed E-state index contributed by atoms with van der Waals surface area (Å²) in [4.78, 5) is 9.85. The molecule has 322 valence electrons. The van der Waals surface area contributed by atoms with Crippen molar-refractivity contribution in [3.05, 3.63) is 229 Å². The molecule has 0 radical (unpaired) electrons. The molecule has 0 amide bonds. The Morgan fingerprint density at radius 3 is 1.57 bits per heavy atom. The van der Waals surface area contributed by atoms with Gasteiger partial charge in [0.15, 0.2) is 23.0 Å². The summed E-state index contributed by atoms with van der Waals surface area (Å²) >= 11 is 1.80. The van der Waals surface area contributed by atoms with Gasteiger partial charge in [0.2, 0.25) is 0 Å². The van der Waals surface area contributed by atoms with Crippen LogP contribution in [0.15, 0.2) is 218 Å². The Morgan fingerprint density at radius 2 is 0.985 bits per heavy atom. The first-order valence-corrected chi connectivity index (χ1v) is 24.0. The van der Waals surface area contributed by atoms with Gasteiger partial charge in [-0.25, -0.2) is 4.98 Å². The molecule has 0 saturated heterocycles. The average molecular weight is 892 g/mol. The number of benzene rings is 10. The van der Waals surface area contributed by atoms with Crippen LogP contribution >= 0.6 is 11.3 Å². The Balaban J connectivity index is 1.05. The largest absolute Gasteiger partial charge is 0.453 e. The number of aromatic nitrogens is 1. The maximum absolute atomic E-state index is 6.51. The fourth-order valence-corrected chi connectivity index (χ4v) is 11.9. The van der Waals surface area contributed by atoms with Crippen LogP contribution in [0.1, 0.15) is 23.4 Å². The van der Waals surface area contributed by atoms with Crippen molar-refractivity contribution in [2.24, 2.45) is 5.92 Å². The normalized spacial score (nSPS) is 15.9. The van der Waals surface area contributed by atoms with Crippen LogP contribution in [0.3, 0.4) is 0 Å². The van der Waals surface area contributed by atoms with Gasteiger partial charge in [-0.15, -0.1) is 11.3 Å². The lowest BCUT2D eigenvalue weighted by Crippen LogP contribution is -2.16. The molecule has 1 aliphatic carbocycles. The zero-order valence-corrected chi connectivity index (χ0v) is 37.8. The number of ether oxygens (including phenoxy) is 2. The summed E-state index contributed by atoms with van der Waals surface area (Å²) in [5.74, 6) is 3.67. The maximum Gasteiger partial charge on any atom is 0.151 e. The Hall–Kier alpha value is -8.45. The van der Waals surface area contributed by atoms with Gasteiger partial charge in [0, 0.05) is 17.3 Å². The van der Waals surface area contributed by atoms with E-state index in [0.29, 0.717) is 0 Å². The van der Waals surface area contributed by atoms with Crippen LogP contribution in [0.5, 0.6) is 23.0 Å². The third kappa shape index (κ3) is 6.11. The summed E-state index contributed by atoms with van der Waals surface area (Å²) in [7, 11) is 0. The molecule has 14 rings (SSSR count). The molecule has 6 heteroatoms. The highest BCUT2D eigenvalue weighted by molar-refractivity contribution is 7.18. The number of hydrogen-bond donors (Lipinski definition) is 0. The molecule has 3 heterocycles. The molecule has 0 saturated carbocycles. The van der Waals surface area contributed by atoms with Crippen LogP contribution in [-0.2, 0) is 0 Å². The SMILES string of the molecule is CC1C=C(c2c3cc(N4c5ccccc5Oc5ccccc54)ccc3c(-c3ccc4ccccc4c3)c3cc(N4c5ccccc5Oc5ccccc54)ccc23)C=CC1c1nc2ccccc2s1. The van der Waals surface area contributed by atoms with E-state index < -0.39 is 0 Å². The van der Waals surface area contributed by atoms with Crippen molar-refractivity contribution in [1.29, 1.82) is 0 Å². The molecule has 11 aromatic rings. The molecule has 10 aromatic carbocycles. The second kappa shape index (κ2) is 15.3. The van der Waals surface area contributed by atoms with Crippen molar-refractivity contribution < 1.29 is 9.47 Å². The average Bonchev–Trinajstić information content (AvgIpc) is 3.82. The Labute approximate surface area is 397 Å². The summed E-state index contributed by atoms with van der Waals surface area (Å²) in [6.45, 7) is 2.34. The number of thiazole rings is 1. The summed E-state index contributed by atoms with van der Waals surface area (Å²) in [5.41, 5.74) is 11.9. The van der Waals surface area contributed by atoms with E-state index >= 15 is 0 Å². The lowest BCUT2D eigenvalue weighted by molar-refractivity contribution is 0.477. The minimum absolute atomic E-state index is 0.163. The topological polar surface area (TPSA) is 37.8 Å². The number of anilines is 6. The summed E-state index contributed by atoms with van der Waals surface area (Å²) in [5, 5.41) is 8.27. The molecule has 0 spiro atoms. The van der Waals surface area contributed by atoms with Gasteiger partial charge < -0.3 is 19.3 Å². The predicted molar refractivity (Wildman–Crippen MR) is 283 cm³/mol.